The molecule has 5 heteroatoms. The molecule has 0 saturated carbocycles. The third kappa shape index (κ3) is 2.78. The van der Waals surface area contributed by atoms with Crippen LogP contribution in [0.1, 0.15) is 11.6 Å². The minimum absolute atomic E-state index is 0.234. The fraction of sp³-hybridized carbons (Fsp3) is 0.455. The molecular weight excluding hydrogens is 230 g/mol. The molecule has 1 aromatic carbocycles. The molecule has 90 valence electrons. The van der Waals surface area contributed by atoms with Gasteiger partial charge in [0.15, 0.2) is 11.5 Å². The summed E-state index contributed by atoms with van der Waals surface area (Å²) >= 11 is 6.06. The zero-order valence-electron chi connectivity index (χ0n) is 9.62. The van der Waals surface area contributed by atoms with Crippen LogP contribution in [0.2, 0.25) is 5.02 Å². The van der Waals surface area contributed by atoms with Gasteiger partial charge in [-0.1, -0.05) is 11.6 Å². The third-order valence-corrected chi connectivity index (χ3v) is 2.51. The van der Waals surface area contributed by atoms with Crippen molar-refractivity contribution in [2.24, 2.45) is 5.73 Å². The first kappa shape index (κ1) is 13.1. The molecule has 0 saturated heterocycles. The van der Waals surface area contributed by atoms with Crippen LogP contribution in [0.4, 0.5) is 0 Å². The van der Waals surface area contributed by atoms with Crippen molar-refractivity contribution in [3.63, 3.8) is 0 Å². The van der Waals surface area contributed by atoms with Gasteiger partial charge in [0.2, 0.25) is 0 Å². The predicted molar refractivity (Wildman–Crippen MR) is 63.4 cm³/mol. The Labute approximate surface area is 100 Å². The molecule has 1 unspecified atom stereocenters. The summed E-state index contributed by atoms with van der Waals surface area (Å²) in [7, 11) is 4.69. The fourth-order valence-electron chi connectivity index (χ4n) is 1.43. The second kappa shape index (κ2) is 5.94. The largest absolute Gasteiger partial charge is 0.493 e. The van der Waals surface area contributed by atoms with Crippen molar-refractivity contribution < 1.29 is 14.2 Å². The Morgan fingerprint density at radius 1 is 1.25 bits per heavy atom. The summed E-state index contributed by atoms with van der Waals surface area (Å²) in [4.78, 5) is 0. The van der Waals surface area contributed by atoms with E-state index >= 15 is 0 Å². The van der Waals surface area contributed by atoms with Gasteiger partial charge in [0, 0.05) is 7.11 Å². The molecule has 0 radical (unpaired) electrons. The first-order valence-corrected chi connectivity index (χ1v) is 5.17. The lowest BCUT2D eigenvalue weighted by Crippen LogP contribution is -2.16. The highest BCUT2D eigenvalue weighted by molar-refractivity contribution is 6.32. The van der Waals surface area contributed by atoms with Gasteiger partial charge >= 0.3 is 0 Å². The van der Waals surface area contributed by atoms with E-state index in [1.165, 1.54) is 0 Å². The summed E-state index contributed by atoms with van der Waals surface area (Å²) < 4.78 is 15.3. The van der Waals surface area contributed by atoms with Crippen LogP contribution < -0.4 is 15.2 Å². The van der Waals surface area contributed by atoms with Crippen LogP contribution in [0, 0.1) is 0 Å². The summed E-state index contributed by atoms with van der Waals surface area (Å²) in [6.45, 7) is 0.422. The zero-order valence-corrected chi connectivity index (χ0v) is 10.4. The van der Waals surface area contributed by atoms with Crippen molar-refractivity contribution in [1.29, 1.82) is 0 Å². The first-order chi connectivity index (χ1) is 7.63. The maximum atomic E-state index is 6.06. The van der Waals surface area contributed by atoms with Crippen molar-refractivity contribution in [2.75, 3.05) is 27.9 Å². The molecule has 0 bridgehead atoms. The Balaban J connectivity index is 3.09. The molecule has 0 amide bonds. The van der Waals surface area contributed by atoms with Crippen molar-refractivity contribution >= 4 is 11.6 Å². The van der Waals surface area contributed by atoms with E-state index in [4.69, 9.17) is 31.5 Å². The van der Waals surface area contributed by atoms with Crippen LogP contribution in [0.5, 0.6) is 11.5 Å². The highest BCUT2D eigenvalue weighted by Crippen LogP contribution is 2.37. The number of benzene rings is 1. The Morgan fingerprint density at radius 2 is 1.94 bits per heavy atom. The first-order valence-electron chi connectivity index (χ1n) is 4.80. The van der Waals surface area contributed by atoms with Gasteiger partial charge in [0.25, 0.3) is 0 Å². The minimum Gasteiger partial charge on any atom is -0.493 e. The lowest BCUT2D eigenvalue weighted by atomic mass is 10.1. The normalized spacial score (nSPS) is 12.3. The number of nitrogens with two attached hydrogens (primary N) is 1. The van der Waals surface area contributed by atoms with Gasteiger partial charge < -0.3 is 19.9 Å². The number of methoxy groups -OCH3 is 3. The van der Waals surface area contributed by atoms with E-state index in [0.29, 0.717) is 23.1 Å². The van der Waals surface area contributed by atoms with Gasteiger partial charge in [-0.2, -0.15) is 0 Å². The van der Waals surface area contributed by atoms with Crippen molar-refractivity contribution in [3.8, 4) is 11.5 Å². The van der Waals surface area contributed by atoms with Crippen molar-refractivity contribution in [1.82, 2.24) is 0 Å². The molecule has 0 fully saturated rings. The van der Waals surface area contributed by atoms with Gasteiger partial charge in [-0.05, 0) is 17.7 Å². The van der Waals surface area contributed by atoms with Crippen LogP contribution in [-0.4, -0.2) is 27.9 Å². The second-order valence-corrected chi connectivity index (χ2v) is 3.71. The number of halogens is 1. The zero-order chi connectivity index (χ0) is 12.1. The lowest BCUT2D eigenvalue weighted by molar-refractivity contribution is 0.181. The van der Waals surface area contributed by atoms with Crippen molar-refractivity contribution in [2.45, 2.75) is 6.04 Å². The molecule has 1 aromatic rings. The molecular formula is C11H16ClNO3. The summed E-state index contributed by atoms with van der Waals surface area (Å²) in [5, 5.41) is 0.475. The number of rotatable bonds is 5. The Bertz CT molecular complexity index is 357. The quantitative estimate of drug-likeness (QED) is 0.862. The van der Waals surface area contributed by atoms with Gasteiger partial charge in [-0.25, -0.2) is 0 Å². The molecule has 0 aliphatic heterocycles. The van der Waals surface area contributed by atoms with E-state index in [9.17, 15) is 0 Å². The number of hydrogen-bond acceptors (Lipinski definition) is 4. The second-order valence-electron chi connectivity index (χ2n) is 3.30. The van der Waals surface area contributed by atoms with E-state index < -0.39 is 0 Å². The molecule has 1 atom stereocenters. The van der Waals surface area contributed by atoms with E-state index in [1.807, 2.05) is 0 Å². The molecule has 2 N–H and O–H groups in total. The SMILES string of the molecule is COCC(N)c1cc(Cl)c(OC)c(OC)c1. The highest BCUT2D eigenvalue weighted by Gasteiger charge is 2.14. The molecule has 0 spiro atoms. The lowest BCUT2D eigenvalue weighted by Gasteiger charge is -2.15. The van der Waals surface area contributed by atoms with Crippen LogP contribution in [-0.2, 0) is 4.74 Å². The van der Waals surface area contributed by atoms with Gasteiger partial charge in [0.1, 0.15) is 0 Å². The van der Waals surface area contributed by atoms with E-state index in [1.54, 1.807) is 33.5 Å². The van der Waals surface area contributed by atoms with Gasteiger partial charge in [0.05, 0.1) is 31.9 Å². The number of hydrogen-bond donors (Lipinski definition) is 1. The molecule has 0 aromatic heterocycles. The molecule has 4 nitrogen and oxygen atoms in total. The van der Waals surface area contributed by atoms with Crippen LogP contribution in [0.3, 0.4) is 0 Å². The molecule has 0 heterocycles. The maximum Gasteiger partial charge on any atom is 0.179 e. The summed E-state index contributed by atoms with van der Waals surface area (Å²) in [6, 6.07) is 3.32. The maximum absolute atomic E-state index is 6.06. The summed E-state index contributed by atoms with van der Waals surface area (Å²) in [5.41, 5.74) is 6.76. The highest BCUT2D eigenvalue weighted by atomic mass is 35.5. The monoisotopic (exact) mass is 245 g/mol. The molecule has 0 aliphatic rings. The summed E-state index contributed by atoms with van der Waals surface area (Å²) in [6.07, 6.45) is 0. The fourth-order valence-corrected chi connectivity index (χ4v) is 1.72. The van der Waals surface area contributed by atoms with Crippen LogP contribution in [0.15, 0.2) is 12.1 Å². The van der Waals surface area contributed by atoms with Crippen LogP contribution >= 0.6 is 11.6 Å². The van der Waals surface area contributed by atoms with Gasteiger partial charge in [-0.3, -0.25) is 0 Å². The van der Waals surface area contributed by atoms with E-state index in [0.717, 1.165) is 5.56 Å². The molecule has 1 rings (SSSR count). The predicted octanol–water partition coefficient (Wildman–Crippen LogP) is 2.00. The van der Waals surface area contributed by atoms with E-state index in [2.05, 4.69) is 0 Å². The Morgan fingerprint density at radius 3 is 2.44 bits per heavy atom. The smallest absolute Gasteiger partial charge is 0.179 e. The average molecular weight is 246 g/mol. The number of ether oxygens (including phenoxy) is 3. The minimum atomic E-state index is -0.234. The Kier molecular flexibility index (Phi) is 4.86. The molecule has 16 heavy (non-hydrogen) atoms. The summed E-state index contributed by atoms with van der Waals surface area (Å²) in [5.74, 6) is 1.08. The van der Waals surface area contributed by atoms with Crippen LogP contribution in [0.25, 0.3) is 0 Å². The average Bonchev–Trinajstić information content (AvgIpc) is 2.28. The Hall–Kier alpha value is -0.970. The van der Waals surface area contributed by atoms with Gasteiger partial charge in [-0.15, -0.1) is 0 Å². The van der Waals surface area contributed by atoms with Crippen molar-refractivity contribution in [3.05, 3.63) is 22.7 Å². The standard InChI is InChI=1S/C11H16ClNO3/c1-14-6-9(13)7-4-8(12)11(16-3)10(5-7)15-2/h4-5,9H,6,13H2,1-3H3. The molecule has 0 aliphatic carbocycles. The van der Waals surface area contributed by atoms with E-state index in [-0.39, 0.29) is 6.04 Å². The third-order valence-electron chi connectivity index (χ3n) is 2.23. The topological polar surface area (TPSA) is 53.7 Å².